The predicted octanol–water partition coefficient (Wildman–Crippen LogP) is 2.21. The molecule has 2 aromatic rings. The van der Waals surface area contributed by atoms with Gasteiger partial charge < -0.3 is 9.64 Å². The van der Waals surface area contributed by atoms with Crippen LogP contribution in [0.4, 0.5) is 4.39 Å². The molecule has 6 heteroatoms. The number of likely N-dealkylation sites (N-methyl/N-ethyl adjacent to an activating group) is 1. The van der Waals surface area contributed by atoms with Crippen molar-refractivity contribution in [1.82, 2.24) is 14.9 Å². The minimum Gasteiger partial charge on any atom is -0.484 e. The lowest BCUT2D eigenvalue weighted by molar-refractivity contribution is -0.134. The molecule has 0 spiro atoms. The van der Waals surface area contributed by atoms with Gasteiger partial charge >= 0.3 is 0 Å². The molecule has 110 valence electrons. The van der Waals surface area contributed by atoms with Crippen molar-refractivity contribution >= 4 is 5.91 Å². The molecular formula is C15H16FN3O2. The van der Waals surface area contributed by atoms with Gasteiger partial charge in [0.1, 0.15) is 17.9 Å². The van der Waals surface area contributed by atoms with E-state index in [9.17, 15) is 9.18 Å². The van der Waals surface area contributed by atoms with Gasteiger partial charge in [0.15, 0.2) is 6.61 Å². The van der Waals surface area contributed by atoms with Gasteiger partial charge in [-0.25, -0.2) is 14.4 Å². The zero-order valence-electron chi connectivity index (χ0n) is 11.9. The molecular weight excluding hydrogens is 273 g/mol. The van der Waals surface area contributed by atoms with E-state index in [0.29, 0.717) is 5.75 Å². The molecule has 0 aliphatic carbocycles. The fraction of sp³-hybridized carbons (Fsp3) is 0.267. The number of carbonyl (C=O) groups excluding carboxylic acids is 1. The van der Waals surface area contributed by atoms with Crippen molar-refractivity contribution in [2.24, 2.45) is 0 Å². The summed E-state index contributed by atoms with van der Waals surface area (Å²) in [5.74, 6) is -0.0820. The number of amides is 1. The Morgan fingerprint density at radius 3 is 2.67 bits per heavy atom. The average Bonchev–Trinajstić information content (AvgIpc) is 2.53. The monoisotopic (exact) mass is 289 g/mol. The Bertz CT molecular complexity index is 590. The zero-order valence-corrected chi connectivity index (χ0v) is 11.9. The Morgan fingerprint density at radius 1 is 1.33 bits per heavy atom. The number of hydrogen-bond acceptors (Lipinski definition) is 4. The first kappa shape index (κ1) is 14.9. The van der Waals surface area contributed by atoms with Crippen molar-refractivity contribution in [1.29, 1.82) is 0 Å². The third-order valence-electron chi connectivity index (χ3n) is 3.18. The second-order valence-electron chi connectivity index (χ2n) is 4.56. The van der Waals surface area contributed by atoms with E-state index in [2.05, 4.69) is 9.97 Å². The highest BCUT2D eigenvalue weighted by molar-refractivity contribution is 5.77. The van der Waals surface area contributed by atoms with E-state index in [4.69, 9.17) is 4.74 Å². The van der Waals surface area contributed by atoms with E-state index in [-0.39, 0.29) is 24.4 Å². The van der Waals surface area contributed by atoms with Gasteiger partial charge in [0.05, 0.1) is 11.7 Å². The second kappa shape index (κ2) is 6.78. The normalized spacial score (nSPS) is 11.8. The Labute approximate surface area is 122 Å². The van der Waals surface area contributed by atoms with E-state index in [1.807, 2.05) is 6.92 Å². The Morgan fingerprint density at radius 2 is 2.05 bits per heavy atom. The number of hydrogen-bond donors (Lipinski definition) is 0. The van der Waals surface area contributed by atoms with Gasteiger partial charge in [0, 0.05) is 13.2 Å². The Balaban J connectivity index is 1.92. The number of nitrogens with zero attached hydrogens (tertiary/aromatic N) is 3. The molecule has 0 fully saturated rings. The molecule has 0 saturated carbocycles. The molecule has 1 aromatic carbocycles. The Hall–Kier alpha value is -2.50. The average molecular weight is 289 g/mol. The third-order valence-corrected chi connectivity index (χ3v) is 3.18. The smallest absolute Gasteiger partial charge is 0.260 e. The number of aromatic nitrogens is 2. The summed E-state index contributed by atoms with van der Waals surface area (Å²) >= 11 is 0. The standard InChI is InChI=1S/C15H16FN3O2/c1-11(14-7-8-17-10-18-14)19(2)15(20)9-21-13-5-3-12(16)4-6-13/h3-8,10-11H,9H2,1-2H3. The van der Waals surface area contributed by atoms with Gasteiger partial charge in [0.25, 0.3) is 5.91 Å². The number of halogens is 1. The zero-order chi connectivity index (χ0) is 15.2. The van der Waals surface area contributed by atoms with E-state index in [1.54, 1.807) is 24.2 Å². The first-order chi connectivity index (χ1) is 10.1. The molecule has 1 amide bonds. The maximum Gasteiger partial charge on any atom is 0.260 e. The highest BCUT2D eigenvalue weighted by Gasteiger charge is 2.18. The first-order valence-corrected chi connectivity index (χ1v) is 6.48. The van der Waals surface area contributed by atoms with Gasteiger partial charge in [-0.15, -0.1) is 0 Å². The maximum atomic E-state index is 12.8. The summed E-state index contributed by atoms with van der Waals surface area (Å²) in [6.07, 6.45) is 3.07. The lowest BCUT2D eigenvalue weighted by Crippen LogP contribution is -2.34. The molecule has 0 radical (unpaired) electrons. The summed E-state index contributed by atoms with van der Waals surface area (Å²) < 4.78 is 18.1. The fourth-order valence-corrected chi connectivity index (χ4v) is 1.74. The van der Waals surface area contributed by atoms with Crippen LogP contribution in [0, 0.1) is 5.82 Å². The van der Waals surface area contributed by atoms with Crippen LogP contribution in [0.2, 0.25) is 0 Å². The molecule has 5 nitrogen and oxygen atoms in total. The number of benzene rings is 1. The van der Waals surface area contributed by atoms with Gasteiger partial charge in [0.2, 0.25) is 0 Å². The van der Waals surface area contributed by atoms with E-state index in [0.717, 1.165) is 5.69 Å². The number of ether oxygens (including phenoxy) is 1. The van der Waals surface area contributed by atoms with Crippen molar-refractivity contribution in [2.75, 3.05) is 13.7 Å². The van der Waals surface area contributed by atoms with Crippen molar-refractivity contribution in [3.05, 3.63) is 54.4 Å². The first-order valence-electron chi connectivity index (χ1n) is 6.48. The summed E-state index contributed by atoms with van der Waals surface area (Å²) in [4.78, 5) is 21.6. The van der Waals surface area contributed by atoms with Crippen LogP contribution in [0.25, 0.3) is 0 Å². The van der Waals surface area contributed by atoms with E-state index >= 15 is 0 Å². The van der Waals surface area contributed by atoms with Crippen molar-refractivity contribution in [3.63, 3.8) is 0 Å². The lowest BCUT2D eigenvalue weighted by atomic mass is 10.2. The summed E-state index contributed by atoms with van der Waals surface area (Å²) in [5.41, 5.74) is 0.752. The molecule has 0 N–H and O–H groups in total. The van der Waals surface area contributed by atoms with Crippen molar-refractivity contribution in [3.8, 4) is 5.75 Å². The molecule has 0 aliphatic rings. The molecule has 0 bridgehead atoms. The molecule has 21 heavy (non-hydrogen) atoms. The summed E-state index contributed by atoms with van der Waals surface area (Å²) in [6.45, 7) is 1.76. The van der Waals surface area contributed by atoms with Gasteiger partial charge in [-0.05, 0) is 37.3 Å². The van der Waals surface area contributed by atoms with Crippen LogP contribution in [0.15, 0.2) is 42.9 Å². The quantitative estimate of drug-likeness (QED) is 0.847. The minimum absolute atomic E-state index is 0.114. The molecule has 0 aliphatic heterocycles. The third kappa shape index (κ3) is 3.98. The summed E-state index contributed by atoms with van der Waals surface area (Å²) in [7, 11) is 1.68. The highest BCUT2D eigenvalue weighted by atomic mass is 19.1. The van der Waals surface area contributed by atoms with Crippen molar-refractivity contribution < 1.29 is 13.9 Å². The maximum absolute atomic E-state index is 12.8. The summed E-state index contributed by atoms with van der Waals surface area (Å²) in [6, 6.07) is 7.11. The molecule has 1 atom stereocenters. The van der Waals surface area contributed by atoms with E-state index < -0.39 is 0 Å². The van der Waals surface area contributed by atoms with Gasteiger partial charge in [-0.2, -0.15) is 0 Å². The summed E-state index contributed by atoms with van der Waals surface area (Å²) in [5, 5.41) is 0. The molecule has 1 unspecified atom stereocenters. The van der Waals surface area contributed by atoms with Crippen LogP contribution in [-0.4, -0.2) is 34.4 Å². The van der Waals surface area contributed by atoms with Crippen LogP contribution in [0.3, 0.4) is 0 Å². The minimum atomic E-state index is -0.344. The molecule has 1 heterocycles. The highest BCUT2D eigenvalue weighted by Crippen LogP contribution is 2.16. The van der Waals surface area contributed by atoms with Crippen molar-refractivity contribution in [2.45, 2.75) is 13.0 Å². The molecule has 1 aromatic heterocycles. The predicted molar refractivity (Wildman–Crippen MR) is 75.1 cm³/mol. The Kier molecular flexibility index (Phi) is 4.81. The van der Waals surface area contributed by atoms with Crippen LogP contribution in [-0.2, 0) is 4.79 Å². The fourth-order valence-electron chi connectivity index (χ4n) is 1.74. The lowest BCUT2D eigenvalue weighted by Gasteiger charge is -2.24. The van der Waals surface area contributed by atoms with Gasteiger partial charge in [-0.3, -0.25) is 4.79 Å². The van der Waals surface area contributed by atoms with Gasteiger partial charge in [-0.1, -0.05) is 0 Å². The number of carbonyl (C=O) groups is 1. The van der Waals surface area contributed by atoms with Crippen LogP contribution < -0.4 is 4.74 Å². The van der Waals surface area contributed by atoms with E-state index in [1.165, 1.54) is 30.6 Å². The SMILES string of the molecule is CC(c1ccncn1)N(C)C(=O)COc1ccc(F)cc1. The largest absolute Gasteiger partial charge is 0.484 e. The number of rotatable bonds is 5. The van der Waals surface area contributed by atoms with Crippen LogP contribution >= 0.6 is 0 Å². The topological polar surface area (TPSA) is 55.3 Å². The van der Waals surface area contributed by atoms with Crippen LogP contribution in [0.1, 0.15) is 18.7 Å². The molecule has 0 saturated heterocycles. The van der Waals surface area contributed by atoms with Crippen LogP contribution in [0.5, 0.6) is 5.75 Å². The molecule has 2 rings (SSSR count). The second-order valence-corrected chi connectivity index (χ2v) is 4.56.